The number of nitrogens with zero attached hydrogens (tertiary/aromatic N) is 2. The van der Waals surface area contributed by atoms with Crippen LogP contribution in [0.1, 0.15) is 37.0 Å². The smallest absolute Gasteiger partial charge is 0.309 e. The fourth-order valence-corrected chi connectivity index (χ4v) is 3.97. The average Bonchev–Trinajstić information content (AvgIpc) is 3.02. The van der Waals surface area contributed by atoms with Gasteiger partial charge in [-0.25, -0.2) is 4.98 Å². The van der Waals surface area contributed by atoms with Crippen molar-refractivity contribution < 1.29 is 19.1 Å². The van der Waals surface area contributed by atoms with E-state index in [0.29, 0.717) is 43.2 Å². The van der Waals surface area contributed by atoms with Crippen LogP contribution in [0, 0.1) is 5.92 Å². The third-order valence-corrected chi connectivity index (χ3v) is 5.25. The highest BCUT2D eigenvalue weighted by Crippen LogP contribution is 2.28. The molecule has 0 saturated carbocycles. The Hall–Kier alpha value is -2.48. The van der Waals surface area contributed by atoms with Crippen molar-refractivity contribution in [1.82, 2.24) is 9.88 Å². The standard InChI is InChI=1S/C18H21N3O4S/c1-3-25-17(24)12-6-8-21(9-7-12)16(23)13-4-5-14-15(10-13)26-18(20-14)19-11(2)22/h4-5,10,12H,3,6-9H2,1-2H3,(H,19,20,22). The second-order valence-electron chi connectivity index (χ2n) is 6.20. The van der Waals surface area contributed by atoms with E-state index in [1.165, 1.54) is 18.3 Å². The maximum atomic E-state index is 12.8. The molecule has 2 aromatic rings. The van der Waals surface area contributed by atoms with Crippen molar-refractivity contribution >= 4 is 44.5 Å². The lowest BCUT2D eigenvalue weighted by molar-refractivity contribution is -0.149. The van der Waals surface area contributed by atoms with Crippen LogP contribution in [0.5, 0.6) is 0 Å². The number of thiazole rings is 1. The summed E-state index contributed by atoms with van der Waals surface area (Å²) < 4.78 is 5.91. The van der Waals surface area contributed by atoms with Gasteiger partial charge in [-0.3, -0.25) is 14.4 Å². The average molecular weight is 375 g/mol. The van der Waals surface area contributed by atoms with E-state index in [1.54, 1.807) is 30.0 Å². The van der Waals surface area contributed by atoms with E-state index in [9.17, 15) is 14.4 Å². The van der Waals surface area contributed by atoms with Crippen molar-refractivity contribution in [3.8, 4) is 0 Å². The molecule has 26 heavy (non-hydrogen) atoms. The number of likely N-dealkylation sites (tertiary alicyclic amines) is 1. The summed E-state index contributed by atoms with van der Waals surface area (Å²) >= 11 is 1.34. The number of ether oxygens (including phenoxy) is 1. The van der Waals surface area contributed by atoms with Gasteiger partial charge in [-0.15, -0.1) is 0 Å². The molecule has 0 spiro atoms. The van der Waals surface area contributed by atoms with Gasteiger partial charge in [0.25, 0.3) is 5.91 Å². The maximum Gasteiger partial charge on any atom is 0.309 e. The molecule has 1 aromatic heterocycles. The highest BCUT2D eigenvalue weighted by atomic mass is 32.1. The molecule has 0 unspecified atom stereocenters. The molecule has 2 heterocycles. The normalized spacial score (nSPS) is 15.1. The Morgan fingerprint density at radius 1 is 1.31 bits per heavy atom. The van der Waals surface area contributed by atoms with Gasteiger partial charge in [-0.05, 0) is 38.0 Å². The number of hydrogen-bond acceptors (Lipinski definition) is 6. The topological polar surface area (TPSA) is 88.6 Å². The second kappa shape index (κ2) is 7.82. The molecule has 138 valence electrons. The van der Waals surface area contributed by atoms with Crippen LogP contribution >= 0.6 is 11.3 Å². The van der Waals surface area contributed by atoms with Crippen molar-refractivity contribution in [1.29, 1.82) is 0 Å². The number of esters is 1. The van der Waals surface area contributed by atoms with E-state index in [2.05, 4.69) is 10.3 Å². The Labute approximate surface area is 155 Å². The molecule has 0 aliphatic carbocycles. The summed E-state index contributed by atoms with van der Waals surface area (Å²) in [5, 5.41) is 3.18. The van der Waals surface area contributed by atoms with Gasteiger partial charge in [0.15, 0.2) is 5.13 Å². The first-order valence-corrected chi connectivity index (χ1v) is 9.43. The number of carbonyl (C=O) groups excluding carboxylic acids is 3. The molecule has 2 amide bonds. The van der Waals surface area contributed by atoms with E-state index < -0.39 is 0 Å². The lowest BCUT2D eigenvalue weighted by Gasteiger charge is -2.30. The molecule has 7 nitrogen and oxygen atoms in total. The summed E-state index contributed by atoms with van der Waals surface area (Å²) in [5.41, 5.74) is 1.33. The minimum absolute atomic E-state index is 0.0521. The van der Waals surface area contributed by atoms with Crippen LogP contribution in [0.2, 0.25) is 0 Å². The largest absolute Gasteiger partial charge is 0.466 e. The van der Waals surface area contributed by atoms with Gasteiger partial charge in [0, 0.05) is 25.6 Å². The Morgan fingerprint density at radius 2 is 2.04 bits per heavy atom. The van der Waals surface area contributed by atoms with Crippen molar-refractivity contribution in [3.05, 3.63) is 23.8 Å². The molecule has 1 fully saturated rings. The van der Waals surface area contributed by atoms with Gasteiger partial charge in [0.05, 0.1) is 22.7 Å². The van der Waals surface area contributed by atoms with E-state index in [-0.39, 0.29) is 23.7 Å². The van der Waals surface area contributed by atoms with Crippen LogP contribution in [-0.2, 0) is 14.3 Å². The van der Waals surface area contributed by atoms with Crippen molar-refractivity contribution in [2.24, 2.45) is 5.92 Å². The molecule has 0 radical (unpaired) electrons. The van der Waals surface area contributed by atoms with Crippen LogP contribution in [0.25, 0.3) is 10.2 Å². The monoisotopic (exact) mass is 375 g/mol. The van der Waals surface area contributed by atoms with Gasteiger partial charge in [-0.2, -0.15) is 0 Å². The Morgan fingerprint density at radius 3 is 2.69 bits per heavy atom. The third kappa shape index (κ3) is 4.01. The van der Waals surface area contributed by atoms with Gasteiger partial charge >= 0.3 is 5.97 Å². The summed E-state index contributed by atoms with van der Waals surface area (Å²) in [7, 11) is 0. The minimum atomic E-state index is -0.176. The predicted molar refractivity (Wildman–Crippen MR) is 99.2 cm³/mol. The van der Waals surface area contributed by atoms with Crippen LogP contribution in [0.3, 0.4) is 0 Å². The van der Waals surface area contributed by atoms with E-state index in [4.69, 9.17) is 4.74 Å². The molecule has 1 aliphatic rings. The maximum absolute atomic E-state index is 12.8. The number of hydrogen-bond donors (Lipinski definition) is 1. The third-order valence-electron chi connectivity index (χ3n) is 4.32. The first-order chi connectivity index (χ1) is 12.5. The molecular weight excluding hydrogens is 354 g/mol. The van der Waals surface area contributed by atoms with Crippen molar-refractivity contribution in [2.75, 3.05) is 25.0 Å². The molecule has 1 aliphatic heterocycles. The number of aromatic nitrogens is 1. The summed E-state index contributed by atoms with van der Waals surface area (Å²) in [5.74, 6) is -0.520. The zero-order valence-electron chi connectivity index (χ0n) is 14.8. The van der Waals surface area contributed by atoms with Gasteiger partial charge < -0.3 is 15.0 Å². The number of amides is 2. The molecule has 1 N–H and O–H groups in total. The van der Waals surface area contributed by atoms with Gasteiger partial charge in [0.1, 0.15) is 0 Å². The summed E-state index contributed by atoms with van der Waals surface area (Å²) in [6.07, 6.45) is 1.25. The highest BCUT2D eigenvalue weighted by molar-refractivity contribution is 7.22. The zero-order chi connectivity index (χ0) is 18.7. The predicted octanol–water partition coefficient (Wildman–Crippen LogP) is 2.67. The number of benzene rings is 1. The van der Waals surface area contributed by atoms with Crippen molar-refractivity contribution in [3.63, 3.8) is 0 Å². The summed E-state index contributed by atoms with van der Waals surface area (Å²) in [4.78, 5) is 41.8. The molecule has 0 bridgehead atoms. The molecule has 3 rings (SSSR count). The van der Waals surface area contributed by atoms with Gasteiger partial charge in [-0.1, -0.05) is 11.3 Å². The molecule has 8 heteroatoms. The van der Waals surface area contributed by atoms with Gasteiger partial charge in [0.2, 0.25) is 5.91 Å². The number of piperidine rings is 1. The van der Waals surface area contributed by atoms with E-state index >= 15 is 0 Å². The van der Waals surface area contributed by atoms with E-state index in [1.807, 2.05) is 0 Å². The summed E-state index contributed by atoms with van der Waals surface area (Å²) in [6.45, 7) is 4.69. The molecule has 0 atom stereocenters. The first kappa shape index (κ1) is 18.3. The number of fused-ring (bicyclic) bond motifs is 1. The fourth-order valence-electron chi connectivity index (χ4n) is 3.02. The molecule has 1 saturated heterocycles. The lowest BCUT2D eigenvalue weighted by atomic mass is 9.96. The lowest BCUT2D eigenvalue weighted by Crippen LogP contribution is -2.40. The molecule has 1 aromatic carbocycles. The van der Waals surface area contributed by atoms with Crippen LogP contribution in [0.4, 0.5) is 5.13 Å². The van der Waals surface area contributed by atoms with Crippen LogP contribution in [0.15, 0.2) is 18.2 Å². The minimum Gasteiger partial charge on any atom is -0.466 e. The second-order valence-corrected chi connectivity index (χ2v) is 7.23. The Kier molecular flexibility index (Phi) is 5.51. The fraction of sp³-hybridized carbons (Fsp3) is 0.444. The van der Waals surface area contributed by atoms with Crippen molar-refractivity contribution in [2.45, 2.75) is 26.7 Å². The Balaban J connectivity index is 1.68. The number of anilines is 1. The number of rotatable bonds is 4. The quantitative estimate of drug-likeness (QED) is 0.830. The Bertz CT molecular complexity index is 840. The number of carbonyl (C=O) groups is 3. The molecular formula is C18H21N3O4S. The van der Waals surface area contributed by atoms with Crippen LogP contribution in [-0.4, -0.2) is 47.4 Å². The number of nitrogens with one attached hydrogen (secondary N) is 1. The van der Waals surface area contributed by atoms with E-state index in [0.717, 1.165) is 10.2 Å². The highest BCUT2D eigenvalue weighted by Gasteiger charge is 2.28. The SMILES string of the molecule is CCOC(=O)C1CCN(C(=O)c2ccc3nc(NC(C)=O)sc3c2)CC1. The first-order valence-electron chi connectivity index (χ1n) is 8.62. The zero-order valence-corrected chi connectivity index (χ0v) is 15.6. The summed E-state index contributed by atoms with van der Waals surface area (Å²) in [6, 6.07) is 5.34. The van der Waals surface area contributed by atoms with Crippen LogP contribution < -0.4 is 5.32 Å².